The smallest absolute Gasteiger partial charge is 0.305 e. The summed E-state index contributed by atoms with van der Waals surface area (Å²) >= 11 is 1.42. The quantitative estimate of drug-likeness (QED) is 0.486. The highest BCUT2D eigenvalue weighted by atomic mass is 32.2. The number of hydrogen-bond donors (Lipinski definition) is 2. The minimum Gasteiger partial charge on any atom is -0.481 e. The molecule has 13 heavy (non-hydrogen) atoms. The maximum absolute atomic E-state index is 10.1. The second-order valence-corrected chi connectivity index (χ2v) is 3.28. The van der Waals surface area contributed by atoms with Crippen LogP contribution >= 0.6 is 11.8 Å². The number of rotatable bonds is 7. The Hall–Kier alpha value is -1.16. The molecule has 0 fully saturated rings. The highest BCUT2D eigenvalue weighted by molar-refractivity contribution is 8.05. The maximum Gasteiger partial charge on any atom is 0.305 e. The molecular weight excluding hydrogens is 186 g/mol. The van der Waals surface area contributed by atoms with E-state index < -0.39 is 5.97 Å². The molecule has 0 bridgehead atoms. The molecule has 72 valence electrons. The van der Waals surface area contributed by atoms with Crippen molar-refractivity contribution in [3.8, 4) is 0 Å². The van der Waals surface area contributed by atoms with Gasteiger partial charge < -0.3 is 10.4 Å². The van der Waals surface area contributed by atoms with Crippen LogP contribution in [-0.4, -0.2) is 17.6 Å². The van der Waals surface area contributed by atoms with Gasteiger partial charge in [-0.05, 0) is 17.7 Å². The van der Waals surface area contributed by atoms with Crippen molar-refractivity contribution >= 4 is 17.7 Å². The van der Waals surface area contributed by atoms with Crippen molar-refractivity contribution in [3.63, 3.8) is 0 Å². The van der Waals surface area contributed by atoms with E-state index in [1.807, 2.05) is 0 Å². The molecule has 0 aromatic carbocycles. The molecule has 0 aromatic heterocycles. The van der Waals surface area contributed by atoms with Crippen molar-refractivity contribution in [3.05, 3.63) is 35.7 Å². The SMILES string of the molecule is C=CSC(=C)/C=C\NCCC(=O)O. The Morgan fingerprint density at radius 1 is 1.62 bits per heavy atom. The summed E-state index contributed by atoms with van der Waals surface area (Å²) < 4.78 is 0. The molecule has 2 N–H and O–H groups in total. The molecule has 0 radical (unpaired) electrons. The van der Waals surface area contributed by atoms with Gasteiger partial charge in [-0.25, -0.2) is 0 Å². The lowest BCUT2D eigenvalue weighted by molar-refractivity contribution is -0.136. The van der Waals surface area contributed by atoms with Crippen LogP contribution in [0.15, 0.2) is 35.7 Å². The number of nitrogens with one attached hydrogen (secondary N) is 1. The van der Waals surface area contributed by atoms with Crippen LogP contribution in [0.2, 0.25) is 0 Å². The summed E-state index contributed by atoms with van der Waals surface area (Å²) in [5.41, 5.74) is 0. The standard InChI is InChI=1S/C9H13NO2S/c1-3-13-8(2)4-6-10-7-5-9(11)12/h3-4,6,10H,1-2,5,7H2,(H,11,12)/b6-4-. The third-order valence-corrected chi connectivity index (χ3v) is 1.71. The van der Waals surface area contributed by atoms with E-state index >= 15 is 0 Å². The molecule has 0 saturated heterocycles. The van der Waals surface area contributed by atoms with Crippen LogP contribution in [-0.2, 0) is 4.79 Å². The zero-order valence-corrected chi connectivity index (χ0v) is 8.14. The average Bonchev–Trinajstić information content (AvgIpc) is 2.03. The third-order valence-electron chi connectivity index (χ3n) is 1.10. The lowest BCUT2D eigenvalue weighted by Gasteiger charge is -1.96. The fourth-order valence-corrected chi connectivity index (χ4v) is 0.921. The van der Waals surface area contributed by atoms with Crippen LogP contribution in [0.5, 0.6) is 0 Å². The molecule has 4 heteroatoms. The van der Waals surface area contributed by atoms with Crippen LogP contribution in [0.4, 0.5) is 0 Å². The number of carbonyl (C=O) groups is 1. The van der Waals surface area contributed by atoms with Crippen molar-refractivity contribution in [2.75, 3.05) is 6.54 Å². The molecule has 0 aliphatic rings. The average molecular weight is 199 g/mol. The molecule has 0 amide bonds. The number of carboxylic acid groups (broad SMARTS) is 1. The zero-order chi connectivity index (χ0) is 10.1. The van der Waals surface area contributed by atoms with Crippen molar-refractivity contribution in [1.29, 1.82) is 0 Å². The Bertz CT molecular complexity index is 224. The number of thioether (sulfide) groups is 1. The largest absolute Gasteiger partial charge is 0.481 e. The van der Waals surface area contributed by atoms with Gasteiger partial charge >= 0.3 is 5.97 Å². The van der Waals surface area contributed by atoms with E-state index in [-0.39, 0.29) is 6.42 Å². The van der Waals surface area contributed by atoms with Crippen molar-refractivity contribution in [2.24, 2.45) is 0 Å². The van der Waals surface area contributed by atoms with E-state index in [0.717, 1.165) is 4.91 Å². The van der Waals surface area contributed by atoms with Gasteiger partial charge in [-0.3, -0.25) is 4.79 Å². The highest BCUT2D eigenvalue weighted by Gasteiger charge is 1.92. The summed E-state index contributed by atoms with van der Waals surface area (Å²) in [6.07, 6.45) is 3.57. The van der Waals surface area contributed by atoms with Gasteiger partial charge in [0, 0.05) is 11.4 Å². The summed E-state index contributed by atoms with van der Waals surface area (Å²) in [5, 5.41) is 12.8. The van der Waals surface area contributed by atoms with Gasteiger partial charge in [-0.2, -0.15) is 0 Å². The first kappa shape index (κ1) is 11.8. The van der Waals surface area contributed by atoms with Crippen LogP contribution < -0.4 is 5.32 Å². The van der Waals surface area contributed by atoms with Gasteiger partial charge in [-0.1, -0.05) is 24.9 Å². The molecule has 0 atom stereocenters. The van der Waals surface area contributed by atoms with Crippen molar-refractivity contribution in [1.82, 2.24) is 5.32 Å². The molecule has 0 aromatic rings. The molecule has 0 saturated carbocycles. The summed E-state index contributed by atoms with van der Waals surface area (Å²) in [7, 11) is 0. The molecule has 0 spiro atoms. The molecule has 0 heterocycles. The van der Waals surface area contributed by atoms with E-state index in [1.54, 1.807) is 17.7 Å². The van der Waals surface area contributed by atoms with Crippen LogP contribution in [0.1, 0.15) is 6.42 Å². The monoisotopic (exact) mass is 199 g/mol. The Balaban J connectivity index is 3.46. The summed E-state index contributed by atoms with van der Waals surface area (Å²) in [6.45, 7) is 7.69. The lowest BCUT2D eigenvalue weighted by Crippen LogP contribution is -2.11. The molecule has 0 aliphatic heterocycles. The van der Waals surface area contributed by atoms with E-state index in [9.17, 15) is 4.79 Å². The number of hydrogen-bond acceptors (Lipinski definition) is 3. The Labute approximate surface area is 82.2 Å². The van der Waals surface area contributed by atoms with E-state index in [2.05, 4.69) is 18.5 Å². The van der Waals surface area contributed by atoms with Crippen LogP contribution in [0.25, 0.3) is 0 Å². The van der Waals surface area contributed by atoms with E-state index in [0.29, 0.717) is 6.54 Å². The zero-order valence-electron chi connectivity index (χ0n) is 7.32. The van der Waals surface area contributed by atoms with Gasteiger partial charge in [0.2, 0.25) is 0 Å². The number of allylic oxidation sites excluding steroid dienone is 1. The minimum absolute atomic E-state index is 0.116. The normalized spacial score (nSPS) is 9.85. The Morgan fingerprint density at radius 3 is 2.85 bits per heavy atom. The number of aliphatic carboxylic acids is 1. The third kappa shape index (κ3) is 8.75. The van der Waals surface area contributed by atoms with Crippen LogP contribution in [0.3, 0.4) is 0 Å². The Morgan fingerprint density at radius 2 is 2.31 bits per heavy atom. The summed E-state index contributed by atoms with van der Waals surface area (Å²) in [6, 6.07) is 0. The maximum atomic E-state index is 10.1. The highest BCUT2D eigenvalue weighted by Crippen LogP contribution is 2.13. The van der Waals surface area contributed by atoms with Gasteiger partial charge in [-0.15, -0.1) is 0 Å². The summed E-state index contributed by atoms with van der Waals surface area (Å²) in [5.74, 6) is -0.805. The topological polar surface area (TPSA) is 49.3 Å². The molecule has 0 aliphatic carbocycles. The Kier molecular flexibility index (Phi) is 6.82. The predicted molar refractivity (Wildman–Crippen MR) is 56.3 cm³/mol. The fraction of sp³-hybridized carbons (Fsp3) is 0.222. The minimum atomic E-state index is -0.805. The van der Waals surface area contributed by atoms with Gasteiger partial charge in [0.05, 0.1) is 6.42 Å². The second kappa shape index (κ2) is 7.49. The van der Waals surface area contributed by atoms with Gasteiger partial charge in [0.25, 0.3) is 0 Å². The van der Waals surface area contributed by atoms with Crippen LogP contribution in [0, 0.1) is 0 Å². The number of carboxylic acids is 1. The first-order valence-corrected chi connectivity index (χ1v) is 4.63. The molecular formula is C9H13NO2S. The fourth-order valence-electron chi connectivity index (χ4n) is 0.561. The van der Waals surface area contributed by atoms with Gasteiger partial charge in [0.1, 0.15) is 0 Å². The molecule has 0 unspecified atom stereocenters. The van der Waals surface area contributed by atoms with E-state index in [4.69, 9.17) is 5.11 Å². The first-order valence-electron chi connectivity index (χ1n) is 3.75. The predicted octanol–water partition coefficient (Wildman–Crippen LogP) is 1.95. The first-order chi connectivity index (χ1) is 6.16. The molecule has 0 rings (SSSR count). The lowest BCUT2D eigenvalue weighted by atomic mass is 10.4. The van der Waals surface area contributed by atoms with E-state index in [1.165, 1.54) is 11.8 Å². The van der Waals surface area contributed by atoms with Gasteiger partial charge in [0.15, 0.2) is 0 Å². The second-order valence-electron chi connectivity index (χ2n) is 2.18. The van der Waals surface area contributed by atoms with Crippen molar-refractivity contribution < 1.29 is 9.90 Å². The molecule has 3 nitrogen and oxygen atoms in total. The van der Waals surface area contributed by atoms with Crippen molar-refractivity contribution in [2.45, 2.75) is 6.42 Å². The summed E-state index contributed by atoms with van der Waals surface area (Å²) in [4.78, 5) is 11.0.